The minimum absolute atomic E-state index is 0.0594. The first-order valence-corrected chi connectivity index (χ1v) is 7.48. The van der Waals surface area contributed by atoms with Crippen LogP contribution in [0.4, 0.5) is 0 Å². The lowest BCUT2D eigenvalue weighted by Crippen LogP contribution is -2.23. The third-order valence-corrected chi connectivity index (χ3v) is 4.96. The highest BCUT2D eigenvalue weighted by atomic mass is 35.5. The first kappa shape index (κ1) is 13.5. The SMILES string of the molecule is CC(C)(c1ccccc1)C(Cl)c1ccc2c(c1)CCO2. The molecule has 0 aliphatic carbocycles. The van der Waals surface area contributed by atoms with Crippen LogP contribution in [0, 0.1) is 0 Å². The fraction of sp³-hybridized carbons (Fsp3) is 0.333. The van der Waals surface area contributed by atoms with Gasteiger partial charge in [0.05, 0.1) is 12.0 Å². The van der Waals surface area contributed by atoms with E-state index < -0.39 is 0 Å². The van der Waals surface area contributed by atoms with Crippen molar-refractivity contribution in [3.63, 3.8) is 0 Å². The Morgan fingerprint density at radius 1 is 1.10 bits per heavy atom. The minimum atomic E-state index is -0.115. The molecule has 0 radical (unpaired) electrons. The molecular formula is C18H19ClO. The van der Waals surface area contributed by atoms with Crippen LogP contribution in [0.5, 0.6) is 5.75 Å². The molecule has 1 nitrogen and oxygen atoms in total. The van der Waals surface area contributed by atoms with Gasteiger partial charge in [-0.05, 0) is 22.8 Å². The van der Waals surface area contributed by atoms with Gasteiger partial charge in [-0.1, -0.05) is 56.3 Å². The summed E-state index contributed by atoms with van der Waals surface area (Å²) in [6.07, 6.45) is 0.985. The maximum Gasteiger partial charge on any atom is 0.122 e. The van der Waals surface area contributed by atoms with Crippen LogP contribution in [-0.4, -0.2) is 6.61 Å². The number of hydrogen-bond acceptors (Lipinski definition) is 1. The molecule has 0 saturated carbocycles. The summed E-state index contributed by atoms with van der Waals surface area (Å²) in [6.45, 7) is 5.18. The standard InChI is InChI=1S/C18H19ClO/c1-18(2,15-6-4-3-5-7-15)17(19)14-8-9-16-13(12-14)10-11-20-16/h3-9,12,17H,10-11H2,1-2H3. The Bertz CT molecular complexity index is 604. The summed E-state index contributed by atoms with van der Waals surface area (Å²) >= 11 is 6.79. The minimum Gasteiger partial charge on any atom is -0.493 e. The molecule has 0 N–H and O–H groups in total. The van der Waals surface area contributed by atoms with E-state index in [-0.39, 0.29) is 10.8 Å². The van der Waals surface area contributed by atoms with Gasteiger partial charge in [-0.2, -0.15) is 0 Å². The molecule has 0 amide bonds. The van der Waals surface area contributed by atoms with Gasteiger partial charge in [-0.15, -0.1) is 11.6 Å². The van der Waals surface area contributed by atoms with Gasteiger partial charge < -0.3 is 4.74 Å². The number of fused-ring (bicyclic) bond motifs is 1. The predicted molar refractivity (Wildman–Crippen MR) is 83.7 cm³/mol. The number of halogens is 1. The van der Waals surface area contributed by atoms with Crippen molar-refractivity contribution >= 4 is 11.6 Å². The fourth-order valence-corrected chi connectivity index (χ4v) is 3.06. The Morgan fingerprint density at radius 2 is 1.85 bits per heavy atom. The number of hydrogen-bond donors (Lipinski definition) is 0. The van der Waals surface area contributed by atoms with Crippen LogP contribution in [0.1, 0.15) is 35.9 Å². The zero-order chi connectivity index (χ0) is 14.2. The van der Waals surface area contributed by atoms with Crippen LogP contribution in [-0.2, 0) is 11.8 Å². The van der Waals surface area contributed by atoms with Crippen molar-refractivity contribution in [2.24, 2.45) is 0 Å². The summed E-state index contributed by atoms with van der Waals surface area (Å²) in [5, 5.41) is -0.0594. The first-order valence-electron chi connectivity index (χ1n) is 7.04. The van der Waals surface area contributed by atoms with E-state index in [1.54, 1.807) is 0 Å². The Balaban J connectivity index is 1.94. The maximum atomic E-state index is 6.79. The molecule has 1 unspecified atom stereocenters. The average molecular weight is 287 g/mol. The predicted octanol–water partition coefficient (Wildman–Crippen LogP) is 4.88. The lowest BCUT2D eigenvalue weighted by atomic mass is 9.78. The second kappa shape index (κ2) is 5.14. The van der Waals surface area contributed by atoms with Crippen molar-refractivity contribution in [3.8, 4) is 5.75 Å². The zero-order valence-electron chi connectivity index (χ0n) is 11.9. The van der Waals surface area contributed by atoms with Crippen molar-refractivity contribution in [3.05, 3.63) is 65.2 Å². The summed E-state index contributed by atoms with van der Waals surface area (Å²) in [5.74, 6) is 1.01. The molecule has 0 bridgehead atoms. The van der Waals surface area contributed by atoms with Gasteiger partial charge in [0.2, 0.25) is 0 Å². The Hall–Kier alpha value is -1.47. The number of rotatable bonds is 3. The third-order valence-electron chi connectivity index (χ3n) is 4.16. The van der Waals surface area contributed by atoms with Gasteiger partial charge in [0.15, 0.2) is 0 Å². The third kappa shape index (κ3) is 2.31. The van der Waals surface area contributed by atoms with Crippen LogP contribution in [0.3, 0.4) is 0 Å². The molecule has 1 aliphatic heterocycles. The van der Waals surface area contributed by atoms with Crippen molar-refractivity contribution in [1.29, 1.82) is 0 Å². The van der Waals surface area contributed by atoms with Crippen LogP contribution in [0.2, 0.25) is 0 Å². The molecule has 1 heterocycles. The molecule has 104 valence electrons. The van der Waals surface area contributed by atoms with Crippen molar-refractivity contribution in [2.45, 2.75) is 31.1 Å². The quantitative estimate of drug-likeness (QED) is 0.731. The fourth-order valence-electron chi connectivity index (χ4n) is 2.79. The monoisotopic (exact) mass is 286 g/mol. The van der Waals surface area contributed by atoms with E-state index >= 15 is 0 Å². The van der Waals surface area contributed by atoms with Gasteiger partial charge >= 0.3 is 0 Å². The van der Waals surface area contributed by atoms with Crippen molar-refractivity contribution < 1.29 is 4.74 Å². The van der Waals surface area contributed by atoms with Gasteiger partial charge in [0.25, 0.3) is 0 Å². The molecule has 1 aliphatic rings. The number of ether oxygens (including phenoxy) is 1. The van der Waals surface area contributed by atoms with E-state index in [0.29, 0.717) is 0 Å². The molecule has 1 atom stereocenters. The van der Waals surface area contributed by atoms with E-state index in [0.717, 1.165) is 18.8 Å². The molecule has 0 fully saturated rings. The van der Waals surface area contributed by atoms with E-state index in [1.807, 2.05) is 12.1 Å². The number of alkyl halides is 1. The second-order valence-corrected chi connectivity index (χ2v) is 6.35. The Kier molecular flexibility index (Phi) is 3.47. The van der Waals surface area contributed by atoms with Crippen LogP contribution in [0.25, 0.3) is 0 Å². The van der Waals surface area contributed by atoms with Gasteiger partial charge in [-0.25, -0.2) is 0 Å². The maximum absolute atomic E-state index is 6.79. The molecule has 2 aromatic rings. The summed E-state index contributed by atoms with van der Waals surface area (Å²) in [4.78, 5) is 0. The highest BCUT2D eigenvalue weighted by Gasteiger charge is 2.31. The van der Waals surface area contributed by atoms with Crippen molar-refractivity contribution in [2.75, 3.05) is 6.61 Å². The highest BCUT2D eigenvalue weighted by molar-refractivity contribution is 6.21. The first-order chi connectivity index (χ1) is 9.59. The lowest BCUT2D eigenvalue weighted by molar-refractivity contribution is 0.356. The molecule has 0 spiro atoms. The molecule has 3 rings (SSSR count). The molecule has 2 aromatic carbocycles. The van der Waals surface area contributed by atoms with Crippen LogP contribution >= 0.6 is 11.6 Å². The Morgan fingerprint density at radius 3 is 2.60 bits per heavy atom. The van der Waals surface area contributed by atoms with E-state index in [1.165, 1.54) is 16.7 Å². The van der Waals surface area contributed by atoms with E-state index in [9.17, 15) is 0 Å². The normalized spacial score (nSPS) is 15.6. The summed E-state index contributed by atoms with van der Waals surface area (Å²) in [5.41, 5.74) is 3.59. The second-order valence-electron chi connectivity index (χ2n) is 5.92. The summed E-state index contributed by atoms with van der Waals surface area (Å²) in [7, 11) is 0. The highest BCUT2D eigenvalue weighted by Crippen LogP contribution is 2.42. The van der Waals surface area contributed by atoms with E-state index in [4.69, 9.17) is 16.3 Å². The summed E-state index contributed by atoms with van der Waals surface area (Å²) in [6, 6.07) is 16.8. The van der Waals surface area contributed by atoms with E-state index in [2.05, 4.69) is 50.2 Å². The number of benzene rings is 2. The zero-order valence-corrected chi connectivity index (χ0v) is 12.7. The van der Waals surface area contributed by atoms with Crippen LogP contribution in [0.15, 0.2) is 48.5 Å². The molecule has 2 heteroatoms. The molecule has 0 saturated heterocycles. The molecule has 0 aromatic heterocycles. The Labute approximate surface area is 125 Å². The topological polar surface area (TPSA) is 9.23 Å². The van der Waals surface area contributed by atoms with Gasteiger partial charge in [-0.3, -0.25) is 0 Å². The van der Waals surface area contributed by atoms with Crippen molar-refractivity contribution in [1.82, 2.24) is 0 Å². The lowest BCUT2D eigenvalue weighted by Gasteiger charge is -2.31. The largest absolute Gasteiger partial charge is 0.493 e. The smallest absolute Gasteiger partial charge is 0.122 e. The summed E-state index contributed by atoms with van der Waals surface area (Å²) < 4.78 is 5.56. The molecule has 20 heavy (non-hydrogen) atoms. The van der Waals surface area contributed by atoms with Gasteiger partial charge in [0.1, 0.15) is 5.75 Å². The van der Waals surface area contributed by atoms with Gasteiger partial charge in [0, 0.05) is 11.8 Å². The molecular weight excluding hydrogens is 268 g/mol. The van der Waals surface area contributed by atoms with Crippen LogP contribution < -0.4 is 4.74 Å². The average Bonchev–Trinajstić information content (AvgIpc) is 2.94.